The van der Waals surface area contributed by atoms with Crippen molar-refractivity contribution in [2.24, 2.45) is 0 Å². The number of hydrogen-bond donors (Lipinski definition) is 1. The molecule has 66 valence electrons. The smallest absolute Gasteiger partial charge is 0.242 e. The number of nitrogens with zero attached hydrogens (tertiary/aromatic N) is 2. The molecule has 0 atom stereocenters. The normalized spacial score (nSPS) is 19.8. The van der Waals surface area contributed by atoms with Gasteiger partial charge < -0.3 is 0 Å². The molecule has 0 aromatic carbocycles. The number of hydrogen-bond acceptors (Lipinski definition) is 2. The van der Waals surface area contributed by atoms with E-state index in [1.807, 2.05) is 0 Å². The van der Waals surface area contributed by atoms with Gasteiger partial charge in [0.2, 0.25) is 5.28 Å². The SMILES string of the molecule is Clc1n[nH]c(C2CCCCC2)n1. The first-order chi connectivity index (χ1) is 5.86. The Hall–Kier alpha value is -0.570. The molecule has 2 rings (SSSR count). The average Bonchev–Trinajstić information content (AvgIpc) is 2.54. The summed E-state index contributed by atoms with van der Waals surface area (Å²) in [4.78, 5) is 4.13. The highest BCUT2D eigenvalue weighted by atomic mass is 35.5. The molecule has 1 N–H and O–H groups in total. The molecule has 4 heteroatoms. The van der Waals surface area contributed by atoms with Crippen molar-refractivity contribution in [1.82, 2.24) is 15.2 Å². The maximum atomic E-state index is 5.63. The average molecular weight is 186 g/mol. The summed E-state index contributed by atoms with van der Waals surface area (Å²) in [5.41, 5.74) is 0. The molecule has 0 amide bonds. The van der Waals surface area contributed by atoms with E-state index >= 15 is 0 Å². The van der Waals surface area contributed by atoms with Crippen molar-refractivity contribution < 1.29 is 0 Å². The lowest BCUT2D eigenvalue weighted by atomic mass is 9.89. The standard InChI is InChI=1S/C8H12ClN3/c9-8-10-7(11-12-8)6-4-2-1-3-5-6/h6H,1-5H2,(H,10,11,12). The summed E-state index contributed by atoms with van der Waals surface area (Å²) < 4.78 is 0. The van der Waals surface area contributed by atoms with Crippen LogP contribution in [0.2, 0.25) is 5.28 Å². The second kappa shape index (κ2) is 3.44. The summed E-state index contributed by atoms with van der Waals surface area (Å²) in [6.07, 6.45) is 6.43. The minimum atomic E-state index is 0.343. The predicted octanol–water partition coefficient (Wildman–Crippen LogP) is 2.51. The Balaban J connectivity index is 2.08. The highest BCUT2D eigenvalue weighted by molar-refractivity contribution is 6.28. The highest BCUT2D eigenvalue weighted by Gasteiger charge is 2.18. The van der Waals surface area contributed by atoms with E-state index in [2.05, 4.69) is 15.2 Å². The molecule has 1 aromatic rings. The van der Waals surface area contributed by atoms with E-state index in [0.29, 0.717) is 11.2 Å². The van der Waals surface area contributed by atoms with Crippen LogP contribution >= 0.6 is 11.6 Å². The zero-order valence-corrected chi connectivity index (χ0v) is 7.64. The van der Waals surface area contributed by atoms with Crippen LogP contribution in [0.5, 0.6) is 0 Å². The zero-order chi connectivity index (χ0) is 8.39. The molecule has 0 aliphatic heterocycles. The van der Waals surface area contributed by atoms with Crippen LogP contribution in [0.4, 0.5) is 0 Å². The van der Waals surface area contributed by atoms with E-state index in [0.717, 1.165) is 5.82 Å². The van der Waals surface area contributed by atoms with E-state index in [-0.39, 0.29) is 0 Å². The first-order valence-corrected chi connectivity index (χ1v) is 4.82. The highest BCUT2D eigenvalue weighted by Crippen LogP contribution is 2.30. The van der Waals surface area contributed by atoms with Crippen LogP contribution in [0.25, 0.3) is 0 Å². The van der Waals surface area contributed by atoms with E-state index in [1.165, 1.54) is 32.1 Å². The number of aromatic nitrogens is 3. The second-order valence-corrected chi connectivity index (χ2v) is 3.66. The first-order valence-electron chi connectivity index (χ1n) is 4.44. The number of aromatic amines is 1. The minimum Gasteiger partial charge on any atom is -0.262 e. The molecule has 3 nitrogen and oxygen atoms in total. The van der Waals surface area contributed by atoms with Gasteiger partial charge in [0.15, 0.2) is 0 Å². The Morgan fingerprint density at radius 3 is 2.58 bits per heavy atom. The molecule has 0 saturated heterocycles. The lowest BCUT2D eigenvalue weighted by Gasteiger charge is -2.18. The van der Waals surface area contributed by atoms with Crippen molar-refractivity contribution in [3.05, 3.63) is 11.1 Å². The Labute approximate surface area is 76.5 Å². The summed E-state index contributed by atoms with van der Waals surface area (Å²) in [7, 11) is 0. The molecule has 1 heterocycles. The number of rotatable bonds is 1. The van der Waals surface area contributed by atoms with Gasteiger partial charge in [0.25, 0.3) is 0 Å². The van der Waals surface area contributed by atoms with E-state index in [1.54, 1.807) is 0 Å². The van der Waals surface area contributed by atoms with Crippen LogP contribution in [-0.2, 0) is 0 Å². The third kappa shape index (κ3) is 1.61. The van der Waals surface area contributed by atoms with Crippen molar-refractivity contribution in [2.45, 2.75) is 38.0 Å². The molecule has 0 bridgehead atoms. The summed E-state index contributed by atoms with van der Waals surface area (Å²) in [6, 6.07) is 0. The van der Waals surface area contributed by atoms with Crippen LogP contribution in [0.3, 0.4) is 0 Å². The van der Waals surface area contributed by atoms with Crippen molar-refractivity contribution >= 4 is 11.6 Å². The lowest BCUT2D eigenvalue weighted by Crippen LogP contribution is -2.06. The van der Waals surface area contributed by atoms with Crippen molar-refractivity contribution in [3.63, 3.8) is 0 Å². The lowest BCUT2D eigenvalue weighted by molar-refractivity contribution is 0.429. The Morgan fingerprint density at radius 2 is 2.00 bits per heavy atom. The van der Waals surface area contributed by atoms with Gasteiger partial charge >= 0.3 is 0 Å². The quantitative estimate of drug-likeness (QED) is 0.731. The third-order valence-electron chi connectivity index (χ3n) is 2.47. The zero-order valence-electron chi connectivity index (χ0n) is 6.89. The van der Waals surface area contributed by atoms with Crippen LogP contribution in [-0.4, -0.2) is 15.2 Å². The fraction of sp³-hybridized carbons (Fsp3) is 0.750. The van der Waals surface area contributed by atoms with Gasteiger partial charge in [-0.2, -0.15) is 0 Å². The first kappa shape index (κ1) is 8.05. The maximum Gasteiger partial charge on any atom is 0.242 e. The van der Waals surface area contributed by atoms with E-state index < -0.39 is 0 Å². The number of H-pyrrole nitrogens is 1. The second-order valence-electron chi connectivity index (χ2n) is 3.32. The summed E-state index contributed by atoms with van der Waals surface area (Å²) in [5, 5.41) is 7.05. The van der Waals surface area contributed by atoms with Gasteiger partial charge in [-0.15, -0.1) is 5.10 Å². The van der Waals surface area contributed by atoms with E-state index in [9.17, 15) is 0 Å². The van der Waals surface area contributed by atoms with Crippen LogP contribution in [0.1, 0.15) is 43.8 Å². The molecule has 1 aromatic heterocycles. The van der Waals surface area contributed by atoms with Gasteiger partial charge in [-0.05, 0) is 24.4 Å². The Morgan fingerprint density at radius 1 is 1.25 bits per heavy atom. The van der Waals surface area contributed by atoms with Crippen LogP contribution < -0.4 is 0 Å². The summed E-state index contributed by atoms with van der Waals surface area (Å²) in [6.45, 7) is 0. The molecule has 0 unspecified atom stereocenters. The predicted molar refractivity (Wildman–Crippen MR) is 47.2 cm³/mol. The van der Waals surface area contributed by atoms with Crippen molar-refractivity contribution in [2.75, 3.05) is 0 Å². The number of halogens is 1. The van der Waals surface area contributed by atoms with Gasteiger partial charge in [0, 0.05) is 5.92 Å². The minimum absolute atomic E-state index is 0.343. The molecule has 0 radical (unpaired) electrons. The van der Waals surface area contributed by atoms with Crippen molar-refractivity contribution in [3.8, 4) is 0 Å². The topological polar surface area (TPSA) is 41.6 Å². The molecular formula is C8H12ClN3. The molecule has 1 aliphatic carbocycles. The summed E-state index contributed by atoms with van der Waals surface area (Å²) >= 11 is 5.63. The Kier molecular flexibility index (Phi) is 2.30. The molecule has 12 heavy (non-hydrogen) atoms. The summed E-state index contributed by atoms with van der Waals surface area (Å²) in [5.74, 6) is 1.54. The van der Waals surface area contributed by atoms with Crippen molar-refractivity contribution in [1.29, 1.82) is 0 Å². The molecule has 1 fully saturated rings. The molecule has 1 saturated carbocycles. The molecule has 1 aliphatic rings. The monoisotopic (exact) mass is 185 g/mol. The van der Waals surface area contributed by atoms with Gasteiger partial charge in [0.05, 0.1) is 0 Å². The molecular weight excluding hydrogens is 174 g/mol. The Bertz CT molecular complexity index is 253. The number of nitrogens with one attached hydrogen (secondary N) is 1. The van der Waals surface area contributed by atoms with Crippen LogP contribution in [0.15, 0.2) is 0 Å². The van der Waals surface area contributed by atoms with Gasteiger partial charge in [-0.25, -0.2) is 4.98 Å². The maximum absolute atomic E-state index is 5.63. The van der Waals surface area contributed by atoms with Gasteiger partial charge in [-0.1, -0.05) is 19.3 Å². The fourth-order valence-corrected chi connectivity index (χ4v) is 1.94. The van der Waals surface area contributed by atoms with Crippen LogP contribution in [0, 0.1) is 0 Å². The fourth-order valence-electron chi connectivity index (χ4n) is 1.81. The third-order valence-corrected chi connectivity index (χ3v) is 2.64. The van der Waals surface area contributed by atoms with Gasteiger partial charge in [-0.3, -0.25) is 5.10 Å². The largest absolute Gasteiger partial charge is 0.262 e. The van der Waals surface area contributed by atoms with Gasteiger partial charge in [0.1, 0.15) is 5.82 Å². The molecule has 0 spiro atoms. The van der Waals surface area contributed by atoms with E-state index in [4.69, 9.17) is 11.6 Å².